The minimum Gasteiger partial charge on any atom is -0.297 e. The van der Waals surface area contributed by atoms with Crippen molar-refractivity contribution in [3.63, 3.8) is 0 Å². The van der Waals surface area contributed by atoms with Crippen LogP contribution in [0.25, 0.3) is 0 Å². The van der Waals surface area contributed by atoms with Gasteiger partial charge in [0.1, 0.15) is 5.92 Å². The van der Waals surface area contributed by atoms with Gasteiger partial charge >= 0.3 is 0 Å². The Balaban J connectivity index is 1.61. The quantitative estimate of drug-likeness (QED) is 0.708. The van der Waals surface area contributed by atoms with Crippen LogP contribution in [-0.2, 0) is 4.79 Å². The SMILES string of the molecule is N#CC1CN(C23CC4CC(CC(C4)C2)C3)CC1=O. The van der Waals surface area contributed by atoms with Gasteiger partial charge in [0.05, 0.1) is 12.6 Å². The summed E-state index contributed by atoms with van der Waals surface area (Å²) in [7, 11) is 0. The summed E-state index contributed by atoms with van der Waals surface area (Å²) in [6.07, 6.45) is 8.19. The van der Waals surface area contributed by atoms with E-state index in [1.807, 2.05) is 0 Å². The predicted octanol–water partition coefficient (Wildman–Crippen LogP) is 1.98. The van der Waals surface area contributed by atoms with Gasteiger partial charge in [-0.3, -0.25) is 9.69 Å². The molecule has 5 fully saturated rings. The highest BCUT2D eigenvalue weighted by Gasteiger charge is 2.55. The monoisotopic (exact) mass is 244 g/mol. The van der Waals surface area contributed by atoms with Crippen molar-refractivity contribution < 1.29 is 4.79 Å². The molecular formula is C15H20N2O. The molecule has 1 heterocycles. The van der Waals surface area contributed by atoms with E-state index in [0.717, 1.165) is 17.8 Å². The van der Waals surface area contributed by atoms with Gasteiger partial charge in [0.25, 0.3) is 0 Å². The number of Topliss-reactive ketones (excluding diaryl/α,β-unsaturated/α-hetero) is 1. The van der Waals surface area contributed by atoms with Gasteiger partial charge in [0.2, 0.25) is 0 Å². The second kappa shape index (κ2) is 3.57. The van der Waals surface area contributed by atoms with E-state index >= 15 is 0 Å². The summed E-state index contributed by atoms with van der Waals surface area (Å²) in [6.45, 7) is 1.26. The van der Waals surface area contributed by atoms with E-state index < -0.39 is 0 Å². The summed E-state index contributed by atoms with van der Waals surface area (Å²) >= 11 is 0. The number of nitrogens with zero attached hydrogens (tertiary/aromatic N) is 2. The number of carbonyl (C=O) groups excluding carboxylic acids is 1. The molecule has 1 atom stereocenters. The first kappa shape index (κ1) is 11.0. The molecule has 0 amide bonds. The largest absolute Gasteiger partial charge is 0.297 e. The maximum Gasteiger partial charge on any atom is 0.165 e. The zero-order valence-corrected chi connectivity index (χ0v) is 10.8. The number of nitriles is 1. The molecule has 4 bridgehead atoms. The molecule has 4 aliphatic carbocycles. The smallest absolute Gasteiger partial charge is 0.165 e. The van der Waals surface area contributed by atoms with E-state index in [4.69, 9.17) is 5.26 Å². The molecular weight excluding hydrogens is 224 g/mol. The minimum atomic E-state index is -0.349. The predicted molar refractivity (Wildman–Crippen MR) is 66.6 cm³/mol. The fourth-order valence-electron chi connectivity index (χ4n) is 5.61. The summed E-state index contributed by atoms with van der Waals surface area (Å²) in [4.78, 5) is 14.2. The Labute approximate surface area is 108 Å². The van der Waals surface area contributed by atoms with Crippen LogP contribution in [0.15, 0.2) is 0 Å². The molecule has 0 aromatic heterocycles. The summed E-state index contributed by atoms with van der Waals surface area (Å²) in [6, 6.07) is 2.18. The Morgan fingerprint density at radius 3 is 2.11 bits per heavy atom. The van der Waals surface area contributed by atoms with Crippen molar-refractivity contribution in [3.05, 3.63) is 0 Å². The summed E-state index contributed by atoms with van der Waals surface area (Å²) < 4.78 is 0. The zero-order chi connectivity index (χ0) is 12.3. The molecule has 5 aliphatic rings. The molecule has 3 nitrogen and oxygen atoms in total. The molecule has 0 aromatic rings. The molecule has 1 unspecified atom stereocenters. The molecule has 5 rings (SSSR count). The van der Waals surface area contributed by atoms with Crippen molar-refractivity contribution in [2.45, 2.75) is 44.1 Å². The second-order valence-electron chi connectivity index (χ2n) is 7.17. The van der Waals surface area contributed by atoms with Crippen LogP contribution >= 0.6 is 0 Å². The van der Waals surface area contributed by atoms with E-state index in [9.17, 15) is 4.79 Å². The Morgan fingerprint density at radius 2 is 1.67 bits per heavy atom. The van der Waals surface area contributed by atoms with Crippen LogP contribution < -0.4 is 0 Å². The molecule has 1 saturated heterocycles. The molecule has 1 aliphatic heterocycles. The summed E-state index contributed by atoms with van der Waals surface area (Å²) in [5.74, 6) is 2.54. The third kappa shape index (κ3) is 1.42. The number of hydrogen-bond acceptors (Lipinski definition) is 3. The van der Waals surface area contributed by atoms with Gasteiger partial charge in [-0.25, -0.2) is 0 Å². The Morgan fingerprint density at radius 1 is 1.11 bits per heavy atom. The van der Waals surface area contributed by atoms with Crippen molar-refractivity contribution in [3.8, 4) is 6.07 Å². The maximum atomic E-state index is 11.8. The second-order valence-corrected chi connectivity index (χ2v) is 7.17. The topological polar surface area (TPSA) is 44.1 Å². The van der Waals surface area contributed by atoms with Gasteiger partial charge in [-0.1, -0.05) is 0 Å². The van der Waals surface area contributed by atoms with Crippen molar-refractivity contribution in [1.29, 1.82) is 5.26 Å². The van der Waals surface area contributed by atoms with Crippen LogP contribution in [0.5, 0.6) is 0 Å². The van der Waals surface area contributed by atoms with E-state index in [1.165, 1.54) is 38.5 Å². The van der Waals surface area contributed by atoms with Crippen LogP contribution in [0, 0.1) is 35.0 Å². The van der Waals surface area contributed by atoms with Gasteiger partial charge < -0.3 is 0 Å². The molecule has 0 radical (unpaired) electrons. The number of hydrogen-bond donors (Lipinski definition) is 0. The fourth-order valence-corrected chi connectivity index (χ4v) is 5.61. The molecule has 96 valence electrons. The first-order chi connectivity index (χ1) is 8.68. The van der Waals surface area contributed by atoms with Crippen molar-refractivity contribution in [1.82, 2.24) is 4.90 Å². The average Bonchev–Trinajstić information content (AvgIpc) is 2.69. The third-order valence-corrected chi connectivity index (χ3v) is 5.97. The van der Waals surface area contributed by atoms with Crippen LogP contribution in [0.4, 0.5) is 0 Å². The van der Waals surface area contributed by atoms with Crippen LogP contribution in [0.3, 0.4) is 0 Å². The molecule has 3 heteroatoms. The number of rotatable bonds is 1. The lowest BCUT2D eigenvalue weighted by molar-refractivity contribution is -0.121. The molecule has 0 spiro atoms. The maximum absolute atomic E-state index is 11.8. The molecule has 18 heavy (non-hydrogen) atoms. The van der Waals surface area contributed by atoms with Crippen molar-refractivity contribution in [2.75, 3.05) is 13.1 Å². The minimum absolute atomic E-state index is 0.160. The first-order valence-electron chi connectivity index (χ1n) is 7.36. The molecule has 0 N–H and O–H groups in total. The highest BCUT2D eigenvalue weighted by Crippen LogP contribution is 2.58. The van der Waals surface area contributed by atoms with Crippen molar-refractivity contribution >= 4 is 5.78 Å². The first-order valence-corrected chi connectivity index (χ1v) is 7.36. The van der Waals surface area contributed by atoms with Crippen LogP contribution in [0.1, 0.15) is 38.5 Å². The van der Waals surface area contributed by atoms with Crippen LogP contribution in [-0.4, -0.2) is 29.3 Å². The van der Waals surface area contributed by atoms with E-state index in [1.54, 1.807) is 0 Å². The normalized spacial score (nSPS) is 50.7. The zero-order valence-electron chi connectivity index (χ0n) is 10.8. The molecule has 0 aromatic carbocycles. The van der Waals surface area contributed by atoms with Gasteiger partial charge in [-0.05, 0) is 56.3 Å². The van der Waals surface area contributed by atoms with Gasteiger partial charge in [0, 0.05) is 12.1 Å². The van der Waals surface area contributed by atoms with E-state index in [0.29, 0.717) is 18.6 Å². The standard InChI is InChI=1S/C15H20N2O/c16-7-13-8-17(9-14(13)18)15-4-10-1-11(5-15)3-12(2-10)6-15/h10-13H,1-6,8-9H2. The highest BCUT2D eigenvalue weighted by molar-refractivity contribution is 5.87. The van der Waals surface area contributed by atoms with Crippen LogP contribution in [0.2, 0.25) is 0 Å². The van der Waals surface area contributed by atoms with Crippen molar-refractivity contribution in [2.24, 2.45) is 23.7 Å². The average molecular weight is 244 g/mol. The van der Waals surface area contributed by atoms with Gasteiger partial charge in [-0.2, -0.15) is 5.26 Å². The number of likely N-dealkylation sites (tertiary alicyclic amines) is 1. The van der Waals surface area contributed by atoms with Gasteiger partial charge in [-0.15, -0.1) is 0 Å². The lowest BCUT2D eigenvalue weighted by atomic mass is 9.52. The summed E-state index contributed by atoms with van der Waals surface area (Å²) in [5.41, 5.74) is 0.302. The Hall–Kier alpha value is -0.880. The Bertz CT molecular complexity index is 401. The van der Waals surface area contributed by atoms with Gasteiger partial charge in [0.15, 0.2) is 5.78 Å². The third-order valence-electron chi connectivity index (χ3n) is 5.97. The van der Waals surface area contributed by atoms with E-state index in [-0.39, 0.29) is 11.7 Å². The lowest BCUT2D eigenvalue weighted by Crippen LogP contribution is -2.59. The summed E-state index contributed by atoms with van der Waals surface area (Å²) in [5, 5.41) is 9.04. The number of carbonyl (C=O) groups is 1. The lowest BCUT2D eigenvalue weighted by Gasteiger charge is -2.59. The fraction of sp³-hybridized carbons (Fsp3) is 0.867. The highest BCUT2D eigenvalue weighted by atomic mass is 16.1. The number of ketones is 1. The molecule has 4 saturated carbocycles. The van der Waals surface area contributed by atoms with E-state index in [2.05, 4.69) is 11.0 Å². The Kier molecular flexibility index (Phi) is 2.18.